The van der Waals surface area contributed by atoms with Crippen LogP contribution in [0.1, 0.15) is 12.5 Å². The maximum Gasteiger partial charge on any atom is 0.0148 e. The molecular formula is C11H15BrS. The smallest absolute Gasteiger partial charge is 0.0148 e. The molecule has 1 aromatic carbocycles. The fraction of sp³-hybridized carbons (Fsp3) is 0.455. The summed E-state index contributed by atoms with van der Waals surface area (Å²) in [6, 6.07) is 10.7. The van der Waals surface area contributed by atoms with Gasteiger partial charge in [-0.1, -0.05) is 53.2 Å². The second kappa shape index (κ2) is 6.50. The Morgan fingerprint density at radius 2 is 2.00 bits per heavy atom. The van der Waals surface area contributed by atoms with Gasteiger partial charge >= 0.3 is 0 Å². The highest BCUT2D eigenvalue weighted by atomic mass is 79.9. The fourth-order valence-electron chi connectivity index (χ4n) is 1.07. The average Bonchev–Trinajstić information content (AvgIpc) is 2.19. The van der Waals surface area contributed by atoms with Gasteiger partial charge in [0.2, 0.25) is 0 Å². The molecule has 1 aromatic rings. The van der Waals surface area contributed by atoms with E-state index in [-0.39, 0.29) is 0 Å². The Bertz CT molecular complexity index is 223. The van der Waals surface area contributed by atoms with Crippen LogP contribution in [0.2, 0.25) is 0 Å². The molecule has 0 aliphatic heterocycles. The van der Waals surface area contributed by atoms with Crippen molar-refractivity contribution in [1.82, 2.24) is 0 Å². The summed E-state index contributed by atoms with van der Waals surface area (Å²) in [5.74, 6) is 1.22. The molecule has 1 unspecified atom stereocenters. The summed E-state index contributed by atoms with van der Waals surface area (Å²) in [5.41, 5.74) is 1.44. The Hall–Kier alpha value is 0.0500. The Morgan fingerprint density at radius 1 is 1.31 bits per heavy atom. The summed E-state index contributed by atoms with van der Waals surface area (Å²) in [5, 5.41) is 1.82. The summed E-state index contributed by atoms with van der Waals surface area (Å²) in [6.07, 6.45) is 1.18. The minimum absolute atomic E-state index is 0.726. The zero-order chi connectivity index (χ0) is 9.52. The third-order valence-electron chi connectivity index (χ3n) is 1.85. The summed E-state index contributed by atoms with van der Waals surface area (Å²) in [6.45, 7) is 2.25. The van der Waals surface area contributed by atoms with Gasteiger partial charge in [0.1, 0.15) is 0 Å². The van der Waals surface area contributed by atoms with Gasteiger partial charge in [0.15, 0.2) is 0 Å². The first-order valence-corrected chi connectivity index (χ1v) is 6.71. The zero-order valence-corrected chi connectivity index (χ0v) is 10.3. The summed E-state index contributed by atoms with van der Waals surface area (Å²) >= 11 is 5.50. The first kappa shape index (κ1) is 11.1. The second-order valence-electron chi connectivity index (χ2n) is 3.07. The molecule has 13 heavy (non-hydrogen) atoms. The van der Waals surface area contributed by atoms with Crippen LogP contribution >= 0.6 is 27.7 Å². The monoisotopic (exact) mass is 258 g/mol. The average molecular weight is 259 g/mol. The highest BCUT2D eigenvalue weighted by Crippen LogP contribution is 2.14. The molecule has 0 heterocycles. The summed E-state index contributed by atoms with van der Waals surface area (Å²) < 4.78 is 0. The lowest BCUT2D eigenvalue weighted by molar-refractivity contribution is 1.10. The van der Waals surface area contributed by atoms with Crippen LogP contribution in [0.15, 0.2) is 30.3 Å². The number of alkyl halides is 1. The molecular weight excluding hydrogens is 244 g/mol. The normalized spacial score (nSPS) is 12.8. The van der Waals surface area contributed by atoms with E-state index in [0.717, 1.165) is 10.6 Å². The molecule has 0 saturated heterocycles. The predicted octanol–water partition coefficient (Wildman–Crippen LogP) is 3.75. The number of thioether (sulfide) groups is 1. The maximum absolute atomic E-state index is 3.48. The van der Waals surface area contributed by atoms with Crippen molar-refractivity contribution in [2.45, 2.75) is 18.6 Å². The van der Waals surface area contributed by atoms with Gasteiger partial charge in [0.05, 0.1) is 0 Å². The molecule has 0 fully saturated rings. The first-order chi connectivity index (χ1) is 6.33. The molecule has 0 aliphatic rings. The van der Waals surface area contributed by atoms with E-state index in [1.165, 1.54) is 17.7 Å². The van der Waals surface area contributed by atoms with Crippen molar-refractivity contribution >= 4 is 27.7 Å². The van der Waals surface area contributed by atoms with Crippen LogP contribution < -0.4 is 0 Å². The third kappa shape index (κ3) is 4.72. The van der Waals surface area contributed by atoms with Gasteiger partial charge in [0.25, 0.3) is 0 Å². The van der Waals surface area contributed by atoms with Crippen molar-refractivity contribution in [3.63, 3.8) is 0 Å². The van der Waals surface area contributed by atoms with Crippen LogP contribution in [-0.2, 0) is 6.42 Å². The molecule has 0 radical (unpaired) electrons. The van der Waals surface area contributed by atoms with Crippen LogP contribution in [0, 0.1) is 0 Å². The van der Waals surface area contributed by atoms with Gasteiger partial charge in [-0.15, -0.1) is 0 Å². The SMILES string of the molecule is CC(CBr)SCCc1ccccc1. The van der Waals surface area contributed by atoms with E-state index < -0.39 is 0 Å². The van der Waals surface area contributed by atoms with E-state index in [9.17, 15) is 0 Å². The van der Waals surface area contributed by atoms with Crippen molar-refractivity contribution < 1.29 is 0 Å². The lowest BCUT2D eigenvalue weighted by Gasteiger charge is -2.06. The van der Waals surface area contributed by atoms with E-state index in [1.807, 2.05) is 11.8 Å². The molecule has 0 aromatic heterocycles. The molecule has 1 rings (SSSR count). The summed E-state index contributed by atoms with van der Waals surface area (Å²) in [7, 11) is 0. The molecule has 0 saturated carbocycles. The quantitative estimate of drug-likeness (QED) is 0.726. The van der Waals surface area contributed by atoms with Gasteiger partial charge < -0.3 is 0 Å². The predicted molar refractivity (Wildman–Crippen MR) is 65.9 cm³/mol. The summed E-state index contributed by atoms with van der Waals surface area (Å²) in [4.78, 5) is 0. The lowest BCUT2D eigenvalue weighted by Crippen LogP contribution is -1.99. The van der Waals surface area contributed by atoms with Crippen LogP contribution in [0.5, 0.6) is 0 Å². The molecule has 0 nitrogen and oxygen atoms in total. The molecule has 0 amide bonds. The van der Waals surface area contributed by atoms with E-state index in [2.05, 4.69) is 53.2 Å². The topological polar surface area (TPSA) is 0 Å². The van der Waals surface area contributed by atoms with Gasteiger partial charge in [-0.3, -0.25) is 0 Å². The molecule has 0 N–H and O–H groups in total. The standard InChI is InChI=1S/C11H15BrS/c1-10(9-12)13-8-7-11-5-3-2-4-6-11/h2-6,10H,7-9H2,1H3. The molecule has 0 aliphatic carbocycles. The first-order valence-electron chi connectivity index (χ1n) is 4.54. The number of hydrogen-bond acceptors (Lipinski definition) is 1. The van der Waals surface area contributed by atoms with Crippen molar-refractivity contribution in [3.05, 3.63) is 35.9 Å². The Balaban J connectivity index is 2.20. The lowest BCUT2D eigenvalue weighted by atomic mass is 10.2. The minimum atomic E-state index is 0.726. The molecule has 0 bridgehead atoms. The Kier molecular flexibility index (Phi) is 5.56. The largest absolute Gasteiger partial charge is 0.158 e. The van der Waals surface area contributed by atoms with Crippen LogP contribution in [0.4, 0.5) is 0 Å². The maximum atomic E-state index is 3.48. The van der Waals surface area contributed by atoms with E-state index >= 15 is 0 Å². The van der Waals surface area contributed by atoms with Crippen LogP contribution in [0.25, 0.3) is 0 Å². The van der Waals surface area contributed by atoms with E-state index in [0.29, 0.717) is 0 Å². The van der Waals surface area contributed by atoms with Gasteiger partial charge in [-0.05, 0) is 17.7 Å². The number of rotatable bonds is 5. The minimum Gasteiger partial charge on any atom is -0.158 e. The molecule has 2 heteroatoms. The number of aryl methyl sites for hydroxylation is 1. The van der Waals surface area contributed by atoms with Crippen molar-refractivity contribution in [1.29, 1.82) is 0 Å². The molecule has 72 valence electrons. The fourth-order valence-corrected chi connectivity index (χ4v) is 2.47. The van der Waals surface area contributed by atoms with Crippen molar-refractivity contribution in [2.75, 3.05) is 11.1 Å². The van der Waals surface area contributed by atoms with Crippen LogP contribution in [-0.4, -0.2) is 16.3 Å². The van der Waals surface area contributed by atoms with Gasteiger partial charge in [-0.25, -0.2) is 0 Å². The van der Waals surface area contributed by atoms with E-state index in [4.69, 9.17) is 0 Å². The molecule has 1 atom stereocenters. The zero-order valence-electron chi connectivity index (χ0n) is 7.87. The third-order valence-corrected chi connectivity index (χ3v) is 4.43. The second-order valence-corrected chi connectivity index (χ2v) is 5.27. The van der Waals surface area contributed by atoms with Gasteiger partial charge in [-0.2, -0.15) is 11.8 Å². The number of benzene rings is 1. The Morgan fingerprint density at radius 3 is 2.62 bits per heavy atom. The Labute approximate surface area is 93.2 Å². The number of hydrogen-bond donors (Lipinski definition) is 0. The van der Waals surface area contributed by atoms with Crippen molar-refractivity contribution in [3.8, 4) is 0 Å². The van der Waals surface area contributed by atoms with E-state index in [1.54, 1.807) is 0 Å². The molecule has 0 spiro atoms. The van der Waals surface area contributed by atoms with Crippen molar-refractivity contribution in [2.24, 2.45) is 0 Å². The highest BCUT2D eigenvalue weighted by molar-refractivity contribution is 9.09. The number of halogens is 1. The van der Waals surface area contributed by atoms with Gasteiger partial charge in [0, 0.05) is 10.6 Å². The van der Waals surface area contributed by atoms with Crippen LogP contribution in [0.3, 0.4) is 0 Å². The highest BCUT2D eigenvalue weighted by Gasteiger charge is 1.99.